The van der Waals surface area contributed by atoms with E-state index >= 15 is 0 Å². The number of rotatable bonds is 4. The SMILES string of the molecule is C=COCCC1(C)COC1. The molecule has 0 saturated carbocycles. The van der Waals surface area contributed by atoms with Crippen LogP contribution in [-0.4, -0.2) is 19.8 Å². The van der Waals surface area contributed by atoms with Crippen LogP contribution in [0.4, 0.5) is 0 Å². The van der Waals surface area contributed by atoms with Crippen molar-refractivity contribution in [1.82, 2.24) is 0 Å². The highest BCUT2D eigenvalue weighted by Crippen LogP contribution is 2.30. The lowest BCUT2D eigenvalue weighted by atomic mass is 9.85. The van der Waals surface area contributed by atoms with E-state index in [1.165, 1.54) is 6.26 Å². The molecule has 10 heavy (non-hydrogen) atoms. The second-order valence-corrected chi connectivity index (χ2v) is 3.09. The van der Waals surface area contributed by atoms with E-state index in [0.29, 0.717) is 5.41 Å². The van der Waals surface area contributed by atoms with Gasteiger partial charge in [0, 0.05) is 5.41 Å². The molecule has 0 atom stereocenters. The first-order valence-corrected chi connectivity index (χ1v) is 3.57. The summed E-state index contributed by atoms with van der Waals surface area (Å²) in [6.07, 6.45) is 2.56. The fourth-order valence-corrected chi connectivity index (χ4v) is 0.984. The maximum absolute atomic E-state index is 5.09. The van der Waals surface area contributed by atoms with Gasteiger partial charge < -0.3 is 9.47 Å². The quantitative estimate of drug-likeness (QED) is 0.438. The third-order valence-corrected chi connectivity index (χ3v) is 1.84. The van der Waals surface area contributed by atoms with Crippen LogP contribution in [0.15, 0.2) is 12.8 Å². The Bertz CT molecular complexity index is 116. The van der Waals surface area contributed by atoms with E-state index in [0.717, 1.165) is 26.2 Å². The summed E-state index contributed by atoms with van der Waals surface area (Å²) in [6.45, 7) is 8.21. The molecule has 1 heterocycles. The number of ether oxygens (including phenoxy) is 2. The molecule has 1 rings (SSSR count). The Kier molecular flexibility index (Phi) is 2.33. The van der Waals surface area contributed by atoms with Crippen LogP contribution in [0, 0.1) is 5.41 Å². The molecule has 0 aromatic heterocycles. The maximum atomic E-state index is 5.09. The minimum atomic E-state index is 0.378. The zero-order chi connectivity index (χ0) is 7.45. The van der Waals surface area contributed by atoms with E-state index < -0.39 is 0 Å². The van der Waals surface area contributed by atoms with Crippen molar-refractivity contribution in [3.63, 3.8) is 0 Å². The molecule has 0 unspecified atom stereocenters. The summed E-state index contributed by atoms with van der Waals surface area (Å²) in [4.78, 5) is 0. The molecule has 2 nitrogen and oxygen atoms in total. The van der Waals surface area contributed by atoms with Crippen molar-refractivity contribution in [2.45, 2.75) is 13.3 Å². The molecule has 1 fully saturated rings. The van der Waals surface area contributed by atoms with Gasteiger partial charge in [0.1, 0.15) is 0 Å². The van der Waals surface area contributed by atoms with Crippen LogP contribution in [0.5, 0.6) is 0 Å². The molecule has 0 amide bonds. The van der Waals surface area contributed by atoms with Gasteiger partial charge in [-0.25, -0.2) is 0 Å². The molecule has 1 aliphatic heterocycles. The van der Waals surface area contributed by atoms with Gasteiger partial charge in [0.15, 0.2) is 0 Å². The molecule has 1 aliphatic rings. The third-order valence-electron chi connectivity index (χ3n) is 1.84. The minimum absolute atomic E-state index is 0.378. The summed E-state index contributed by atoms with van der Waals surface area (Å²) < 4.78 is 10.1. The van der Waals surface area contributed by atoms with E-state index in [-0.39, 0.29) is 0 Å². The van der Waals surface area contributed by atoms with Gasteiger partial charge in [0.2, 0.25) is 0 Å². The Morgan fingerprint density at radius 1 is 1.70 bits per heavy atom. The molecule has 0 N–H and O–H groups in total. The molecule has 1 saturated heterocycles. The number of hydrogen-bond donors (Lipinski definition) is 0. The maximum Gasteiger partial charge on any atom is 0.0879 e. The fraction of sp³-hybridized carbons (Fsp3) is 0.750. The lowest BCUT2D eigenvalue weighted by Gasteiger charge is -2.37. The smallest absolute Gasteiger partial charge is 0.0879 e. The van der Waals surface area contributed by atoms with E-state index in [1.54, 1.807) is 0 Å². The Morgan fingerprint density at radius 3 is 2.80 bits per heavy atom. The van der Waals surface area contributed by atoms with Gasteiger partial charge in [-0.2, -0.15) is 0 Å². The van der Waals surface area contributed by atoms with Crippen molar-refractivity contribution in [2.75, 3.05) is 19.8 Å². The van der Waals surface area contributed by atoms with Crippen LogP contribution >= 0.6 is 0 Å². The summed E-state index contributed by atoms with van der Waals surface area (Å²) >= 11 is 0. The predicted octanol–water partition coefficient (Wildman–Crippen LogP) is 1.57. The fourth-order valence-electron chi connectivity index (χ4n) is 0.984. The third kappa shape index (κ3) is 1.74. The zero-order valence-corrected chi connectivity index (χ0v) is 6.43. The molecule has 0 radical (unpaired) electrons. The summed E-state index contributed by atoms with van der Waals surface area (Å²) in [7, 11) is 0. The Hall–Kier alpha value is -0.500. The lowest BCUT2D eigenvalue weighted by Crippen LogP contribution is -2.40. The molecule has 0 aliphatic carbocycles. The van der Waals surface area contributed by atoms with Crippen LogP contribution in [-0.2, 0) is 9.47 Å². The molecule has 58 valence electrons. The van der Waals surface area contributed by atoms with E-state index in [1.807, 2.05) is 0 Å². The highest BCUT2D eigenvalue weighted by atomic mass is 16.5. The van der Waals surface area contributed by atoms with Crippen molar-refractivity contribution >= 4 is 0 Å². The summed E-state index contributed by atoms with van der Waals surface area (Å²) in [5.41, 5.74) is 0.378. The lowest BCUT2D eigenvalue weighted by molar-refractivity contribution is -0.111. The van der Waals surface area contributed by atoms with Gasteiger partial charge in [-0.3, -0.25) is 0 Å². The Labute approximate surface area is 61.8 Å². The Morgan fingerprint density at radius 2 is 2.40 bits per heavy atom. The first-order valence-electron chi connectivity index (χ1n) is 3.57. The first kappa shape index (κ1) is 7.61. The van der Waals surface area contributed by atoms with Gasteiger partial charge in [-0.05, 0) is 6.42 Å². The van der Waals surface area contributed by atoms with Crippen LogP contribution in [0.25, 0.3) is 0 Å². The van der Waals surface area contributed by atoms with Crippen molar-refractivity contribution in [3.8, 4) is 0 Å². The van der Waals surface area contributed by atoms with Crippen molar-refractivity contribution in [1.29, 1.82) is 0 Å². The zero-order valence-electron chi connectivity index (χ0n) is 6.43. The van der Waals surface area contributed by atoms with E-state index in [9.17, 15) is 0 Å². The highest BCUT2D eigenvalue weighted by molar-refractivity contribution is 4.80. The largest absolute Gasteiger partial charge is 0.502 e. The molecule has 0 spiro atoms. The second-order valence-electron chi connectivity index (χ2n) is 3.09. The normalized spacial score (nSPS) is 21.3. The average Bonchev–Trinajstić information content (AvgIpc) is 1.85. The first-order chi connectivity index (χ1) is 4.77. The molecule has 0 aromatic carbocycles. The highest BCUT2D eigenvalue weighted by Gasteiger charge is 2.32. The van der Waals surface area contributed by atoms with Gasteiger partial charge in [0.25, 0.3) is 0 Å². The van der Waals surface area contributed by atoms with Gasteiger partial charge in [-0.15, -0.1) is 0 Å². The van der Waals surface area contributed by atoms with E-state index in [2.05, 4.69) is 13.5 Å². The summed E-state index contributed by atoms with van der Waals surface area (Å²) in [6, 6.07) is 0. The van der Waals surface area contributed by atoms with Crippen molar-refractivity contribution < 1.29 is 9.47 Å². The van der Waals surface area contributed by atoms with Crippen LogP contribution in [0.2, 0.25) is 0 Å². The summed E-state index contributed by atoms with van der Waals surface area (Å²) in [5, 5.41) is 0. The molecular formula is C8H14O2. The molecule has 0 bridgehead atoms. The molecule has 2 heteroatoms. The van der Waals surface area contributed by atoms with Crippen molar-refractivity contribution in [2.24, 2.45) is 5.41 Å². The summed E-state index contributed by atoms with van der Waals surface area (Å²) in [5.74, 6) is 0. The number of hydrogen-bond acceptors (Lipinski definition) is 2. The van der Waals surface area contributed by atoms with E-state index in [4.69, 9.17) is 9.47 Å². The Balaban J connectivity index is 2.06. The second kappa shape index (κ2) is 3.06. The monoisotopic (exact) mass is 142 g/mol. The van der Waals surface area contributed by atoms with Gasteiger partial charge in [-0.1, -0.05) is 13.5 Å². The average molecular weight is 142 g/mol. The van der Waals surface area contributed by atoms with Gasteiger partial charge >= 0.3 is 0 Å². The standard InChI is InChI=1S/C8H14O2/c1-3-9-5-4-8(2)6-10-7-8/h3H,1,4-7H2,2H3. The predicted molar refractivity (Wildman–Crippen MR) is 39.7 cm³/mol. The van der Waals surface area contributed by atoms with Crippen LogP contribution in [0.1, 0.15) is 13.3 Å². The van der Waals surface area contributed by atoms with Crippen LogP contribution < -0.4 is 0 Å². The van der Waals surface area contributed by atoms with Gasteiger partial charge in [0.05, 0.1) is 26.1 Å². The topological polar surface area (TPSA) is 18.5 Å². The molecular weight excluding hydrogens is 128 g/mol. The molecule has 0 aromatic rings. The van der Waals surface area contributed by atoms with Crippen molar-refractivity contribution in [3.05, 3.63) is 12.8 Å². The minimum Gasteiger partial charge on any atom is -0.502 e. The van der Waals surface area contributed by atoms with Crippen LogP contribution in [0.3, 0.4) is 0 Å².